The van der Waals surface area contributed by atoms with Gasteiger partial charge in [0.25, 0.3) is 0 Å². The van der Waals surface area contributed by atoms with Crippen molar-refractivity contribution >= 4 is 28.4 Å². The second-order valence-electron chi connectivity index (χ2n) is 15.2. The van der Waals surface area contributed by atoms with Crippen LogP contribution in [0.4, 0.5) is 0 Å². The van der Waals surface area contributed by atoms with E-state index in [9.17, 15) is 4.79 Å². The van der Waals surface area contributed by atoms with Crippen LogP contribution in [0.1, 0.15) is 73.3 Å². The highest BCUT2D eigenvalue weighted by atomic mass is 32.1. The molecule has 0 bridgehead atoms. The van der Waals surface area contributed by atoms with Crippen LogP contribution in [0.3, 0.4) is 0 Å². The number of hydrogen-bond donors (Lipinski definition) is 0. The highest BCUT2D eigenvalue weighted by Gasteiger charge is 2.53. The lowest BCUT2D eigenvalue weighted by Crippen LogP contribution is -2.27. The molecule has 0 fully saturated rings. The van der Waals surface area contributed by atoms with Gasteiger partial charge in [-0.3, -0.25) is 4.79 Å². The first-order chi connectivity index (χ1) is 26.6. The third-order valence-electron chi connectivity index (χ3n) is 13.0. The molecular formula is C52H32OS. The predicted octanol–water partition coefficient (Wildman–Crippen LogP) is 12.1. The number of ketones is 1. The zero-order valence-electron chi connectivity index (χ0n) is 29.4. The fourth-order valence-corrected chi connectivity index (χ4v) is 11.3. The molecule has 12 rings (SSSR count). The first-order valence-corrected chi connectivity index (χ1v) is 19.3. The van der Waals surface area contributed by atoms with Gasteiger partial charge in [0.15, 0.2) is 0 Å². The summed E-state index contributed by atoms with van der Waals surface area (Å²) in [5.41, 5.74) is 20.7. The van der Waals surface area contributed by atoms with Crippen LogP contribution in [0.15, 0.2) is 175 Å². The normalized spacial score (nSPS) is 18.1. The minimum Gasteiger partial charge on any atom is -0.288 e. The maximum Gasteiger partial charge on any atom is 0.204 e. The minimum absolute atomic E-state index is 0.115. The third-order valence-corrected chi connectivity index (χ3v) is 13.4. The second kappa shape index (κ2) is 10.7. The van der Waals surface area contributed by atoms with Crippen molar-refractivity contribution in [3.8, 4) is 33.4 Å². The monoisotopic (exact) mass is 704 g/mol. The summed E-state index contributed by atoms with van der Waals surface area (Å²) in [4.78, 5) is 15.2. The first kappa shape index (κ1) is 30.3. The lowest BCUT2D eigenvalue weighted by atomic mass is 9.68. The number of allylic oxidation sites excluding steroid dienone is 4. The molecule has 1 atom stereocenters. The first-order valence-electron chi connectivity index (χ1n) is 18.9. The Hall–Kier alpha value is -6.22. The summed E-state index contributed by atoms with van der Waals surface area (Å²) in [6.45, 7) is 0. The maximum absolute atomic E-state index is 14.8. The van der Waals surface area contributed by atoms with Crippen LogP contribution >= 0.6 is 12.2 Å². The molecule has 0 amide bonds. The highest BCUT2D eigenvalue weighted by molar-refractivity contribution is 7.82. The molecule has 0 aliphatic heterocycles. The number of carbonyl (C=O) groups is 1. The molecule has 0 radical (unpaired) electrons. The van der Waals surface area contributed by atoms with E-state index in [1.165, 1.54) is 89.0 Å². The number of rotatable bonds is 3. The molecule has 1 unspecified atom stereocenters. The topological polar surface area (TPSA) is 17.1 Å². The van der Waals surface area contributed by atoms with Crippen molar-refractivity contribution < 1.29 is 4.79 Å². The maximum atomic E-state index is 14.8. The smallest absolute Gasteiger partial charge is 0.204 e. The fourth-order valence-electron chi connectivity index (χ4n) is 11.0. The van der Waals surface area contributed by atoms with Crippen LogP contribution < -0.4 is 0 Å². The van der Waals surface area contributed by atoms with Gasteiger partial charge in [0.05, 0.1) is 15.7 Å². The lowest BCUT2D eigenvalue weighted by molar-refractivity contribution is 0.106. The Morgan fingerprint density at radius 2 is 0.852 bits per heavy atom. The van der Waals surface area contributed by atoms with Crippen molar-refractivity contribution in [2.75, 3.05) is 0 Å². The van der Waals surface area contributed by atoms with Crippen molar-refractivity contribution in [1.82, 2.24) is 0 Å². The van der Waals surface area contributed by atoms with Crippen LogP contribution in [-0.2, 0) is 10.8 Å². The molecule has 0 heterocycles. The van der Waals surface area contributed by atoms with E-state index in [1.54, 1.807) is 0 Å². The predicted molar refractivity (Wildman–Crippen MR) is 222 cm³/mol. The summed E-state index contributed by atoms with van der Waals surface area (Å²) in [5.74, 6) is -0.115. The number of thiocarbonyl (C=S) groups is 1. The van der Waals surface area contributed by atoms with Gasteiger partial charge in [-0.05, 0) is 120 Å². The van der Waals surface area contributed by atoms with Gasteiger partial charge in [-0.1, -0.05) is 170 Å². The van der Waals surface area contributed by atoms with Crippen LogP contribution in [0, 0.1) is 0 Å². The molecule has 7 aromatic carbocycles. The molecule has 54 heavy (non-hydrogen) atoms. The Morgan fingerprint density at radius 1 is 0.444 bits per heavy atom. The Labute approximate surface area is 320 Å². The third kappa shape index (κ3) is 3.51. The average Bonchev–Trinajstić information content (AvgIpc) is 3.92. The molecule has 5 aliphatic rings. The number of Topliss-reactive ketones (excluding diaryl/α,β-unsaturated/α-hetero) is 1. The lowest BCUT2D eigenvalue weighted by Gasteiger charge is -2.32. The Morgan fingerprint density at radius 3 is 1.41 bits per heavy atom. The second-order valence-corrected chi connectivity index (χ2v) is 15.6. The molecule has 2 spiro atoms. The number of benzene rings is 7. The minimum atomic E-state index is -0.492. The van der Waals surface area contributed by atoms with Crippen molar-refractivity contribution in [2.45, 2.75) is 23.7 Å². The van der Waals surface area contributed by atoms with E-state index in [0.29, 0.717) is 10.4 Å². The van der Waals surface area contributed by atoms with Gasteiger partial charge in [-0.15, -0.1) is 0 Å². The van der Waals surface area contributed by atoms with E-state index < -0.39 is 10.8 Å². The van der Waals surface area contributed by atoms with Crippen LogP contribution in [-0.4, -0.2) is 10.6 Å². The number of hydrogen-bond acceptors (Lipinski definition) is 2. The van der Waals surface area contributed by atoms with E-state index in [-0.39, 0.29) is 5.78 Å². The molecule has 0 saturated carbocycles. The molecule has 252 valence electrons. The van der Waals surface area contributed by atoms with Crippen molar-refractivity contribution in [1.29, 1.82) is 0 Å². The van der Waals surface area contributed by atoms with Crippen LogP contribution in [0.25, 0.3) is 39.0 Å². The average molecular weight is 705 g/mol. The summed E-state index contributed by atoms with van der Waals surface area (Å²) in [6, 6.07) is 56.9. The Bertz CT molecular complexity index is 2870. The largest absolute Gasteiger partial charge is 0.288 e. The molecule has 0 N–H and O–H groups in total. The van der Waals surface area contributed by atoms with Gasteiger partial charge in [0, 0.05) is 5.56 Å². The summed E-state index contributed by atoms with van der Waals surface area (Å²) < 4.78 is 0. The molecule has 5 aliphatic carbocycles. The SMILES string of the molecule is O=C(C(=S)c1ccc2c(c1)C1(c3ccccc3-c3ccccc31)c1ccccc1-2)c1ccc2c(c1)C1(C3=C(CCC=C3)c3ccccc31)c1ccccc1-2. The van der Waals surface area contributed by atoms with Crippen LogP contribution in [0.5, 0.6) is 0 Å². The molecule has 2 heteroatoms. The van der Waals surface area contributed by atoms with E-state index in [1.807, 2.05) is 6.07 Å². The molecule has 1 nitrogen and oxygen atoms in total. The van der Waals surface area contributed by atoms with E-state index in [2.05, 4.69) is 164 Å². The summed E-state index contributed by atoms with van der Waals surface area (Å²) in [6.07, 6.45) is 6.72. The molecule has 0 aromatic heterocycles. The zero-order valence-corrected chi connectivity index (χ0v) is 30.2. The number of fused-ring (bicyclic) bond motifs is 19. The van der Waals surface area contributed by atoms with E-state index in [0.717, 1.165) is 18.4 Å². The molecule has 7 aromatic rings. The summed E-state index contributed by atoms with van der Waals surface area (Å²) in [5, 5.41) is 0. The zero-order chi connectivity index (χ0) is 35.8. The van der Waals surface area contributed by atoms with Gasteiger partial charge >= 0.3 is 0 Å². The van der Waals surface area contributed by atoms with Crippen LogP contribution in [0.2, 0.25) is 0 Å². The summed E-state index contributed by atoms with van der Waals surface area (Å²) in [7, 11) is 0. The molecular weight excluding hydrogens is 673 g/mol. The van der Waals surface area contributed by atoms with Gasteiger partial charge in [-0.2, -0.15) is 0 Å². The van der Waals surface area contributed by atoms with E-state index in [4.69, 9.17) is 12.2 Å². The quantitative estimate of drug-likeness (QED) is 0.135. The van der Waals surface area contributed by atoms with Crippen molar-refractivity contribution in [3.05, 3.63) is 231 Å². The summed E-state index contributed by atoms with van der Waals surface area (Å²) >= 11 is 6.21. The van der Waals surface area contributed by atoms with E-state index >= 15 is 0 Å². The van der Waals surface area contributed by atoms with Gasteiger partial charge in [0.2, 0.25) is 5.78 Å². The van der Waals surface area contributed by atoms with Crippen molar-refractivity contribution in [2.24, 2.45) is 0 Å². The van der Waals surface area contributed by atoms with Crippen molar-refractivity contribution in [3.63, 3.8) is 0 Å². The number of carbonyl (C=O) groups excluding carboxylic acids is 1. The van der Waals surface area contributed by atoms with Gasteiger partial charge in [0.1, 0.15) is 0 Å². The molecule has 0 saturated heterocycles. The standard InChI is InChI=1S/C52H32OS/c53-49(31-25-27-39-37-17-5-11-23-45(37)51(47(39)29-31)41-19-7-1-13-33(41)34-14-2-8-20-42(34)51)50(54)32-26-28-40-38-18-6-12-24-46(38)52(48(40)30-32)43-21-9-3-15-35(43)36-16-4-10-22-44(36)52/h1,3-13,15-30H,2,14H2. The van der Waals surface area contributed by atoms with Gasteiger partial charge < -0.3 is 0 Å². The van der Waals surface area contributed by atoms with Gasteiger partial charge in [-0.25, -0.2) is 0 Å². The Balaban J connectivity index is 1.02. The fraction of sp³-hybridized carbons (Fsp3) is 0.0769. The highest BCUT2D eigenvalue weighted by Crippen LogP contribution is 2.64. The Kier molecular flexibility index (Phi) is 5.99.